The van der Waals surface area contributed by atoms with Crippen molar-refractivity contribution in [1.82, 2.24) is 10.2 Å². The van der Waals surface area contributed by atoms with Gasteiger partial charge in [0.2, 0.25) is 5.91 Å². The Morgan fingerprint density at radius 3 is 2.12 bits per heavy atom. The van der Waals surface area contributed by atoms with Gasteiger partial charge >= 0.3 is 0 Å². The minimum absolute atomic E-state index is 0.0135. The number of carbonyl (C=O) groups is 2. The zero-order valence-electron chi connectivity index (χ0n) is 11.9. The molecular weight excluding hydrogens is 216 g/mol. The molecule has 4 heteroatoms. The Morgan fingerprint density at radius 1 is 1.24 bits per heavy atom. The summed E-state index contributed by atoms with van der Waals surface area (Å²) in [5.74, 6) is 0.0617. The van der Waals surface area contributed by atoms with Crippen molar-refractivity contribution in [3.05, 3.63) is 0 Å². The maximum absolute atomic E-state index is 11.8. The summed E-state index contributed by atoms with van der Waals surface area (Å²) in [5, 5.41) is 2.80. The Kier molecular flexibility index (Phi) is 7.04. The molecule has 0 aliphatic carbocycles. The molecule has 0 rings (SSSR count). The molecule has 0 fully saturated rings. The van der Waals surface area contributed by atoms with Gasteiger partial charge < -0.3 is 5.32 Å². The SMILES string of the molecule is CCC(C)N(C)CC(=O)NC(C(C)=O)C(C)C. The highest BCUT2D eigenvalue weighted by Gasteiger charge is 2.21. The van der Waals surface area contributed by atoms with Gasteiger partial charge in [-0.1, -0.05) is 20.8 Å². The Hall–Kier alpha value is -0.900. The monoisotopic (exact) mass is 242 g/mol. The van der Waals surface area contributed by atoms with Crippen LogP contribution in [0.1, 0.15) is 41.0 Å². The lowest BCUT2D eigenvalue weighted by Crippen LogP contribution is -2.47. The number of hydrogen-bond donors (Lipinski definition) is 1. The van der Waals surface area contributed by atoms with Crippen LogP contribution in [0.2, 0.25) is 0 Å². The summed E-state index contributed by atoms with van der Waals surface area (Å²) in [5.41, 5.74) is 0. The smallest absolute Gasteiger partial charge is 0.234 e. The van der Waals surface area contributed by atoms with Crippen LogP contribution >= 0.6 is 0 Å². The highest BCUT2D eigenvalue weighted by atomic mass is 16.2. The van der Waals surface area contributed by atoms with Crippen molar-refractivity contribution in [3.63, 3.8) is 0 Å². The van der Waals surface area contributed by atoms with Crippen molar-refractivity contribution in [3.8, 4) is 0 Å². The number of nitrogens with zero attached hydrogens (tertiary/aromatic N) is 1. The van der Waals surface area contributed by atoms with Crippen molar-refractivity contribution in [2.45, 2.75) is 53.1 Å². The number of carbonyl (C=O) groups excluding carboxylic acids is 2. The number of amides is 1. The van der Waals surface area contributed by atoms with Crippen molar-refractivity contribution in [2.24, 2.45) is 5.92 Å². The fourth-order valence-corrected chi connectivity index (χ4v) is 1.65. The van der Waals surface area contributed by atoms with E-state index in [4.69, 9.17) is 0 Å². The Labute approximate surface area is 105 Å². The van der Waals surface area contributed by atoms with E-state index in [1.807, 2.05) is 25.8 Å². The van der Waals surface area contributed by atoms with E-state index in [-0.39, 0.29) is 23.7 Å². The van der Waals surface area contributed by atoms with Gasteiger partial charge in [-0.05, 0) is 33.2 Å². The quantitative estimate of drug-likeness (QED) is 0.735. The number of rotatable bonds is 7. The normalized spacial score (nSPS) is 14.8. The number of nitrogens with one attached hydrogen (secondary N) is 1. The molecule has 0 aliphatic rings. The van der Waals surface area contributed by atoms with E-state index in [9.17, 15) is 9.59 Å². The maximum atomic E-state index is 11.8. The Bertz CT molecular complexity index is 264. The fourth-order valence-electron chi connectivity index (χ4n) is 1.65. The van der Waals surface area contributed by atoms with Crippen molar-refractivity contribution < 1.29 is 9.59 Å². The Morgan fingerprint density at radius 2 is 1.76 bits per heavy atom. The van der Waals surface area contributed by atoms with Gasteiger partial charge in [-0.25, -0.2) is 0 Å². The van der Waals surface area contributed by atoms with Gasteiger partial charge in [-0.15, -0.1) is 0 Å². The second kappa shape index (κ2) is 7.43. The maximum Gasteiger partial charge on any atom is 0.234 e. The molecule has 0 aliphatic heterocycles. The molecule has 0 aromatic carbocycles. The third-order valence-electron chi connectivity index (χ3n) is 3.16. The van der Waals surface area contributed by atoms with E-state index in [1.54, 1.807) is 0 Å². The predicted molar refractivity (Wildman–Crippen MR) is 69.8 cm³/mol. The number of ketones is 1. The summed E-state index contributed by atoms with van der Waals surface area (Å²) in [6, 6.07) is 0.00316. The summed E-state index contributed by atoms with van der Waals surface area (Å²) >= 11 is 0. The lowest BCUT2D eigenvalue weighted by molar-refractivity contribution is -0.128. The van der Waals surface area contributed by atoms with E-state index < -0.39 is 0 Å². The topological polar surface area (TPSA) is 49.4 Å². The average molecular weight is 242 g/mol. The largest absolute Gasteiger partial charge is 0.345 e. The van der Waals surface area contributed by atoms with Crippen molar-refractivity contribution in [1.29, 1.82) is 0 Å². The first-order valence-electron chi connectivity index (χ1n) is 6.29. The van der Waals surface area contributed by atoms with E-state index in [2.05, 4.69) is 19.2 Å². The molecule has 0 heterocycles. The molecule has 0 spiro atoms. The molecule has 2 unspecified atom stereocenters. The zero-order valence-corrected chi connectivity index (χ0v) is 11.9. The average Bonchev–Trinajstić information content (AvgIpc) is 2.23. The van der Waals surface area contributed by atoms with Gasteiger partial charge in [-0.3, -0.25) is 14.5 Å². The number of likely N-dealkylation sites (N-methyl/N-ethyl adjacent to an activating group) is 1. The molecule has 17 heavy (non-hydrogen) atoms. The molecule has 2 atom stereocenters. The van der Waals surface area contributed by atoms with Crippen LogP contribution in [-0.2, 0) is 9.59 Å². The highest BCUT2D eigenvalue weighted by molar-refractivity contribution is 5.88. The first kappa shape index (κ1) is 16.1. The third-order valence-corrected chi connectivity index (χ3v) is 3.16. The summed E-state index contributed by atoms with van der Waals surface area (Å²) in [7, 11) is 1.92. The molecule has 0 saturated carbocycles. The van der Waals surface area contributed by atoms with Gasteiger partial charge in [0.05, 0.1) is 12.6 Å². The third kappa shape index (κ3) is 5.82. The van der Waals surface area contributed by atoms with Crippen LogP contribution in [-0.4, -0.2) is 42.3 Å². The van der Waals surface area contributed by atoms with Crippen LogP contribution in [0, 0.1) is 5.92 Å². The standard InChI is InChI=1S/C13H26N2O2/c1-7-10(4)15(6)8-12(17)14-13(9(2)3)11(5)16/h9-10,13H,7-8H2,1-6H3,(H,14,17). The van der Waals surface area contributed by atoms with Gasteiger partial charge in [0.1, 0.15) is 0 Å². The van der Waals surface area contributed by atoms with Gasteiger partial charge in [0, 0.05) is 6.04 Å². The van der Waals surface area contributed by atoms with E-state index in [0.29, 0.717) is 12.6 Å². The lowest BCUT2D eigenvalue weighted by Gasteiger charge is -2.25. The minimum Gasteiger partial charge on any atom is -0.345 e. The van der Waals surface area contributed by atoms with Crippen LogP contribution in [0.15, 0.2) is 0 Å². The number of Topliss-reactive ketones (excluding diaryl/α,β-unsaturated/α-hetero) is 1. The molecule has 1 N–H and O–H groups in total. The van der Waals surface area contributed by atoms with Gasteiger partial charge in [0.15, 0.2) is 5.78 Å². The molecule has 4 nitrogen and oxygen atoms in total. The van der Waals surface area contributed by atoms with Crippen LogP contribution in [0.4, 0.5) is 0 Å². The molecular formula is C13H26N2O2. The molecule has 0 aromatic rings. The molecule has 0 saturated heterocycles. The Balaban J connectivity index is 4.29. The summed E-state index contributed by atoms with van der Waals surface area (Å²) < 4.78 is 0. The molecule has 100 valence electrons. The first-order valence-corrected chi connectivity index (χ1v) is 6.29. The summed E-state index contributed by atoms with van der Waals surface area (Å²) in [4.78, 5) is 25.1. The van der Waals surface area contributed by atoms with E-state index in [0.717, 1.165) is 6.42 Å². The second-order valence-corrected chi connectivity index (χ2v) is 5.07. The number of hydrogen-bond acceptors (Lipinski definition) is 3. The van der Waals surface area contributed by atoms with E-state index >= 15 is 0 Å². The molecule has 0 aromatic heterocycles. The fraction of sp³-hybridized carbons (Fsp3) is 0.846. The first-order chi connectivity index (χ1) is 7.79. The summed E-state index contributed by atoms with van der Waals surface area (Å²) in [6.07, 6.45) is 1.00. The van der Waals surface area contributed by atoms with Crippen LogP contribution in [0.5, 0.6) is 0 Å². The molecule has 1 amide bonds. The minimum atomic E-state index is -0.368. The lowest BCUT2D eigenvalue weighted by atomic mass is 10.0. The predicted octanol–water partition coefficient (Wildman–Crippen LogP) is 1.45. The molecule has 0 bridgehead atoms. The van der Waals surface area contributed by atoms with Crippen molar-refractivity contribution >= 4 is 11.7 Å². The van der Waals surface area contributed by atoms with Gasteiger partial charge in [0.25, 0.3) is 0 Å². The highest BCUT2D eigenvalue weighted by Crippen LogP contribution is 2.04. The second-order valence-electron chi connectivity index (χ2n) is 5.07. The van der Waals surface area contributed by atoms with E-state index in [1.165, 1.54) is 6.92 Å². The zero-order chi connectivity index (χ0) is 13.6. The van der Waals surface area contributed by atoms with Crippen LogP contribution in [0.25, 0.3) is 0 Å². The van der Waals surface area contributed by atoms with Crippen molar-refractivity contribution in [2.75, 3.05) is 13.6 Å². The summed E-state index contributed by atoms with van der Waals surface area (Å²) in [6.45, 7) is 9.90. The van der Waals surface area contributed by atoms with Crippen LogP contribution in [0.3, 0.4) is 0 Å². The molecule has 0 radical (unpaired) electrons. The van der Waals surface area contributed by atoms with Crippen LogP contribution < -0.4 is 5.32 Å². The van der Waals surface area contributed by atoms with Gasteiger partial charge in [-0.2, -0.15) is 0 Å².